The van der Waals surface area contributed by atoms with Gasteiger partial charge in [0.05, 0.1) is 26.3 Å². The fraction of sp³-hybridized carbons (Fsp3) is 0.214. The van der Waals surface area contributed by atoms with Crippen LogP contribution in [0.2, 0.25) is 0 Å². The molecule has 0 atom stereocenters. The maximum absolute atomic E-state index is 5.81. The summed E-state index contributed by atoms with van der Waals surface area (Å²) in [5.74, 6) is 2.00. The van der Waals surface area contributed by atoms with Crippen LogP contribution in [0.3, 0.4) is 0 Å². The lowest BCUT2D eigenvalue weighted by atomic mass is 10.2. The summed E-state index contributed by atoms with van der Waals surface area (Å²) in [6, 6.07) is 7.26. The van der Waals surface area contributed by atoms with Crippen LogP contribution in [0.15, 0.2) is 41.7 Å². The second-order valence-electron chi connectivity index (χ2n) is 4.04. The summed E-state index contributed by atoms with van der Waals surface area (Å²) >= 11 is 0. The Morgan fingerprint density at radius 3 is 2.33 bits per heavy atom. The van der Waals surface area contributed by atoms with Gasteiger partial charge in [-0.25, -0.2) is 15.0 Å². The minimum Gasteiger partial charge on any atom is -0.496 e. The molecule has 0 amide bonds. The van der Waals surface area contributed by atoms with E-state index in [1.54, 1.807) is 32.7 Å². The lowest BCUT2D eigenvalue weighted by Crippen LogP contribution is -2.23. The van der Waals surface area contributed by atoms with Crippen LogP contribution in [0.25, 0.3) is 0 Å². The molecule has 3 N–H and O–H groups in total. The molecular formula is C14H17N5O2. The number of nitrogens with zero attached hydrogens (tertiary/aromatic N) is 3. The van der Waals surface area contributed by atoms with Crippen molar-refractivity contribution in [1.82, 2.24) is 9.97 Å². The van der Waals surface area contributed by atoms with Crippen LogP contribution in [-0.4, -0.2) is 30.1 Å². The van der Waals surface area contributed by atoms with Crippen LogP contribution in [0.5, 0.6) is 11.5 Å². The van der Waals surface area contributed by atoms with Crippen molar-refractivity contribution < 1.29 is 9.47 Å². The van der Waals surface area contributed by atoms with E-state index in [0.29, 0.717) is 24.0 Å². The number of aromatic nitrogens is 2. The van der Waals surface area contributed by atoms with Crippen molar-refractivity contribution in [1.29, 1.82) is 0 Å². The molecule has 0 saturated carbocycles. The van der Waals surface area contributed by atoms with Crippen molar-refractivity contribution in [2.75, 3.05) is 19.5 Å². The number of anilines is 1. The van der Waals surface area contributed by atoms with Crippen molar-refractivity contribution in [3.63, 3.8) is 0 Å². The van der Waals surface area contributed by atoms with Gasteiger partial charge in [0.1, 0.15) is 11.5 Å². The topological polar surface area (TPSA) is 94.7 Å². The Hall–Kier alpha value is -2.83. The van der Waals surface area contributed by atoms with Gasteiger partial charge in [-0.05, 0) is 18.2 Å². The van der Waals surface area contributed by atoms with Gasteiger partial charge in [0, 0.05) is 12.4 Å². The van der Waals surface area contributed by atoms with Crippen LogP contribution in [0.4, 0.5) is 5.95 Å². The average molecular weight is 287 g/mol. The number of ether oxygens (including phenoxy) is 2. The van der Waals surface area contributed by atoms with Crippen molar-refractivity contribution in [3.8, 4) is 11.5 Å². The molecular weight excluding hydrogens is 270 g/mol. The minimum absolute atomic E-state index is 0.217. The summed E-state index contributed by atoms with van der Waals surface area (Å²) in [5, 5.41) is 2.81. The van der Waals surface area contributed by atoms with Crippen molar-refractivity contribution in [3.05, 3.63) is 42.2 Å². The average Bonchev–Trinajstić information content (AvgIpc) is 2.53. The molecule has 7 heteroatoms. The molecule has 7 nitrogen and oxygen atoms in total. The number of methoxy groups -OCH3 is 2. The number of hydrogen-bond donors (Lipinski definition) is 2. The molecule has 1 aromatic heterocycles. The summed E-state index contributed by atoms with van der Waals surface area (Å²) < 4.78 is 10.6. The second kappa shape index (κ2) is 7.09. The third kappa shape index (κ3) is 3.82. The van der Waals surface area contributed by atoms with Crippen molar-refractivity contribution in [2.45, 2.75) is 6.54 Å². The third-order valence-electron chi connectivity index (χ3n) is 2.74. The first kappa shape index (κ1) is 14.6. The molecule has 110 valence electrons. The zero-order valence-electron chi connectivity index (χ0n) is 11.9. The fourth-order valence-electron chi connectivity index (χ4n) is 1.77. The molecule has 0 bridgehead atoms. The molecule has 1 heterocycles. The standard InChI is InChI=1S/C14H17N5O2/c1-20-11-5-3-6-12(21-2)10(11)9-18-13(15)19-14-16-7-4-8-17-14/h3-8H,9H2,1-2H3,(H3,15,16,17,18,19). The lowest BCUT2D eigenvalue weighted by Gasteiger charge is -2.11. The summed E-state index contributed by atoms with van der Waals surface area (Å²) in [6.45, 7) is 0.318. The number of rotatable bonds is 5. The van der Waals surface area contributed by atoms with E-state index in [0.717, 1.165) is 5.56 Å². The molecule has 0 aliphatic heterocycles. The highest BCUT2D eigenvalue weighted by Crippen LogP contribution is 2.28. The maximum atomic E-state index is 5.81. The van der Waals surface area contributed by atoms with E-state index >= 15 is 0 Å². The minimum atomic E-state index is 0.217. The Morgan fingerprint density at radius 1 is 1.14 bits per heavy atom. The summed E-state index contributed by atoms with van der Waals surface area (Å²) in [5.41, 5.74) is 6.63. The van der Waals surface area contributed by atoms with E-state index in [1.165, 1.54) is 0 Å². The van der Waals surface area contributed by atoms with E-state index in [9.17, 15) is 0 Å². The van der Waals surface area contributed by atoms with E-state index < -0.39 is 0 Å². The zero-order chi connectivity index (χ0) is 15.1. The van der Waals surface area contributed by atoms with Crippen LogP contribution < -0.4 is 20.5 Å². The number of nitrogens with one attached hydrogen (secondary N) is 1. The Labute approximate surface area is 122 Å². The van der Waals surface area contributed by atoms with Crippen LogP contribution in [-0.2, 0) is 6.54 Å². The molecule has 1 aromatic carbocycles. The first-order valence-electron chi connectivity index (χ1n) is 6.28. The van der Waals surface area contributed by atoms with Crippen LogP contribution >= 0.6 is 0 Å². The Kier molecular flexibility index (Phi) is 4.92. The number of guanidine groups is 1. The Morgan fingerprint density at radius 2 is 1.76 bits per heavy atom. The predicted molar refractivity (Wildman–Crippen MR) is 80.5 cm³/mol. The lowest BCUT2D eigenvalue weighted by molar-refractivity contribution is 0.385. The van der Waals surface area contributed by atoms with Gasteiger partial charge >= 0.3 is 0 Å². The molecule has 0 radical (unpaired) electrons. The molecule has 2 aromatic rings. The molecule has 0 spiro atoms. The first-order chi connectivity index (χ1) is 10.2. The van der Waals surface area contributed by atoms with Gasteiger partial charge < -0.3 is 15.2 Å². The van der Waals surface area contributed by atoms with Gasteiger partial charge in [-0.1, -0.05) is 6.07 Å². The largest absolute Gasteiger partial charge is 0.496 e. The Bertz CT molecular complexity index is 594. The van der Waals surface area contributed by atoms with E-state index in [1.807, 2.05) is 18.2 Å². The van der Waals surface area contributed by atoms with Gasteiger partial charge in [-0.2, -0.15) is 0 Å². The molecule has 2 rings (SSSR count). The smallest absolute Gasteiger partial charge is 0.229 e. The summed E-state index contributed by atoms with van der Waals surface area (Å²) in [7, 11) is 3.20. The quantitative estimate of drug-likeness (QED) is 0.638. The second-order valence-corrected chi connectivity index (χ2v) is 4.04. The fourth-order valence-corrected chi connectivity index (χ4v) is 1.77. The number of aliphatic imine (C=N–C) groups is 1. The third-order valence-corrected chi connectivity index (χ3v) is 2.74. The van der Waals surface area contributed by atoms with Gasteiger partial charge in [-0.15, -0.1) is 0 Å². The number of benzene rings is 1. The van der Waals surface area contributed by atoms with Gasteiger partial charge in [0.15, 0.2) is 5.96 Å². The van der Waals surface area contributed by atoms with E-state index in [2.05, 4.69) is 20.3 Å². The molecule has 0 saturated heterocycles. The molecule has 0 fully saturated rings. The monoisotopic (exact) mass is 287 g/mol. The highest BCUT2D eigenvalue weighted by atomic mass is 16.5. The molecule has 0 unspecified atom stereocenters. The predicted octanol–water partition coefficient (Wildman–Crippen LogP) is 1.42. The van der Waals surface area contributed by atoms with E-state index in [4.69, 9.17) is 15.2 Å². The molecule has 0 aliphatic carbocycles. The van der Waals surface area contributed by atoms with E-state index in [-0.39, 0.29) is 5.96 Å². The zero-order valence-corrected chi connectivity index (χ0v) is 11.9. The summed E-state index contributed by atoms with van der Waals surface area (Å²) in [4.78, 5) is 12.3. The van der Waals surface area contributed by atoms with Crippen molar-refractivity contribution in [2.24, 2.45) is 10.7 Å². The highest BCUT2D eigenvalue weighted by Gasteiger charge is 2.09. The number of hydrogen-bond acceptors (Lipinski definition) is 5. The summed E-state index contributed by atoms with van der Waals surface area (Å²) in [6.07, 6.45) is 3.23. The molecule has 21 heavy (non-hydrogen) atoms. The van der Waals surface area contributed by atoms with Crippen LogP contribution in [0.1, 0.15) is 5.56 Å². The molecule has 0 aliphatic rings. The highest BCUT2D eigenvalue weighted by molar-refractivity contribution is 5.90. The van der Waals surface area contributed by atoms with Crippen LogP contribution in [0, 0.1) is 0 Å². The SMILES string of the molecule is COc1cccc(OC)c1CN=C(N)Nc1ncccn1. The maximum Gasteiger partial charge on any atom is 0.229 e. The normalized spacial score (nSPS) is 11.0. The first-order valence-corrected chi connectivity index (χ1v) is 6.28. The number of nitrogens with two attached hydrogens (primary N) is 1. The van der Waals surface area contributed by atoms with Gasteiger partial charge in [-0.3, -0.25) is 5.32 Å². The van der Waals surface area contributed by atoms with Gasteiger partial charge in [0.25, 0.3) is 0 Å². The van der Waals surface area contributed by atoms with Crippen molar-refractivity contribution >= 4 is 11.9 Å². The Balaban J connectivity index is 2.13. The van der Waals surface area contributed by atoms with Gasteiger partial charge in [0.2, 0.25) is 5.95 Å².